The van der Waals surface area contributed by atoms with Gasteiger partial charge in [-0.05, 0) is 55.7 Å². The van der Waals surface area contributed by atoms with Crippen LogP contribution in [0, 0.1) is 13.8 Å². The molecular formula is C18H20ClNO2. The maximum atomic E-state index is 12.1. The van der Waals surface area contributed by atoms with Gasteiger partial charge in [0.2, 0.25) is 0 Å². The number of hydrogen-bond donors (Lipinski definition) is 1. The number of halogens is 1. The van der Waals surface area contributed by atoms with Crippen molar-refractivity contribution in [1.29, 1.82) is 0 Å². The van der Waals surface area contributed by atoms with E-state index in [1.54, 1.807) is 19.1 Å². The molecule has 0 fully saturated rings. The van der Waals surface area contributed by atoms with Gasteiger partial charge in [0.1, 0.15) is 5.75 Å². The topological polar surface area (TPSA) is 38.3 Å². The van der Waals surface area contributed by atoms with Crippen LogP contribution in [-0.4, -0.2) is 12.0 Å². The standard InChI is InChI=1S/C18H20ClNO2/c1-12-5-4-6-17(13(12)2)22-14(3)18(21)20-11-15-7-9-16(19)10-8-15/h4-10,14H,11H2,1-3H3,(H,20,21)/t14-/m0/s1. The van der Waals surface area contributed by atoms with Crippen LogP contribution in [-0.2, 0) is 11.3 Å². The first-order valence-electron chi connectivity index (χ1n) is 7.22. The minimum absolute atomic E-state index is 0.143. The van der Waals surface area contributed by atoms with E-state index in [2.05, 4.69) is 5.32 Å². The highest BCUT2D eigenvalue weighted by Gasteiger charge is 2.15. The molecule has 22 heavy (non-hydrogen) atoms. The average molecular weight is 318 g/mol. The van der Waals surface area contributed by atoms with Gasteiger partial charge in [-0.2, -0.15) is 0 Å². The van der Waals surface area contributed by atoms with E-state index in [0.29, 0.717) is 11.6 Å². The van der Waals surface area contributed by atoms with Gasteiger partial charge < -0.3 is 10.1 Å². The molecule has 3 nitrogen and oxygen atoms in total. The monoisotopic (exact) mass is 317 g/mol. The Morgan fingerprint density at radius 1 is 1.18 bits per heavy atom. The lowest BCUT2D eigenvalue weighted by Crippen LogP contribution is -2.36. The van der Waals surface area contributed by atoms with Crippen LogP contribution in [0.1, 0.15) is 23.6 Å². The van der Waals surface area contributed by atoms with E-state index in [1.807, 2.05) is 44.2 Å². The van der Waals surface area contributed by atoms with Crippen molar-refractivity contribution >= 4 is 17.5 Å². The van der Waals surface area contributed by atoms with Gasteiger partial charge in [0, 0.05) is 11.6 Å². The fourth-order valence-corrected chi connectivity index (χ4v) is 2.16. The van der Waals surface area contributed by atoms with E-state index in [1.165, 1.54) is 0 Å². The van der Waals surface area contributed by atoms with Gasteiger partial charge in [-0.15, -0.1) is 0 Å². The first kappa shape index (κ1) is 16.4. The molecule has 0 aliphatic rings. The highest BCUT2D eigenvalue weighted by Crippen LogP contribution is 2.21. The quantitative estimate of drug-likeness (QED) is 0.903. The van der Waals surface area contributed by atoms with Crippen LogP contribution in [0.2, 0.25) is 5.02 Å². The lowest BCUT2D eigenvalue weighted by atomic mass is 10.1. The molecule has 0 unspecified atom stereocenters. The number of carbonyl (C=O) groups excluding carboxylic acids is 1. The van der Waals surface area contributed by atoms with E-state index in [0.717, 1.165) is 22.4 Å². The van der Waals surface area contributed by atoms with Crippen LogP contribution in [0.5, 0.6) is 5.75 Å². The minimum atomic E-state index is -0.548. The summed E-state index contributed by atoms with van der Waals surface area (Å²) in [4.78, 5) is 12.1. The van der Waals surface area contributed by atoms with Crippen molar-refractivity contribution in [2.45, 2.75) is 33.4 Å². The van der Waals surface area contributed by atoms with E-state index in [9.17, 15) is 4.79 Å². The Morgan fingerprint density at radius 3 is 2.55 bits per heavy atom. The fraction of sp³-hybridized carbons (Fsp3) is 0.278. The van der Waals surface area contributed by atoms with E-state index in [4.69, 9.17) is 16.3 Å². The lowest BCUT2D eigenvalue weighted by molar-refractivity contribution is -0.127. The first-order valence-corrected chi connectivity index (χ1v) is 7.60. The Kier molecular flexibility index (Phi) is 5.45. The number of benzene rings is 2. The zero-order valence-corrected chi connectivity index (χ0v) is 13.8. The van der Waals surface area contributed by atoms with Crippen molar-refractivity contribution < 1.29 is 9.53 Å². The van der Waals surface area contributed by atoms with Crippen molar-refractivity contribution in [3.05, 3.63) is 64.2 Å². The van der Waals surface area contributed by atoms with E-state index >= 15 is 0 Å². The molecule has 2 aromatic rings. The Bertz CT molecular complexity index is 653. The molecule has 0 aromatic heterocycles. The molecule has 4 heteroatoms. The second-order valence-corrected chi connectivity index (χ2v) is 5.74. The van der Waals surface area contributed by atoms with Gasteiger partial charge in [-0.25, -0.2) is 0 Å². The molecule has 0 heterocycles. The molecular weight excluding hydrogens is 298 g/mol. The third-order valence-corrected chi connectivity index (χ3v) is 3.86. The van der Waals surface area contributed by atoms with Gasteiger partial charge in [0.25, 0.3) is 5.91 Å². The summed E-state index contributed by atoms with van der Waals surface area (Å²) >= 11 is 5.84. The smallest absolute Gasteiger partial charge is 0.261 e. The van der Waals surface area contributed by atoms with E-state index in [-0.39, 0.29) is 5.91 Å². The predicted molar refractivity (Wildman–Crippen MR) is 89.3 cm³/mol. The fourth-order valence-electron chi connectivity index (χ4n) is 2.03. The number of rotatable bonds is 5. The van der Waals surface area contributed by atoms with Crippen LogP contribution in [0.3, 0.4) is 0 Å². The SMILES string of the molecule is Cc1cccc(O[C@@H](C)C(=O)NCc2ccc(Cl)cc2)c1C. The molecule has 0 bridgehead atoms. The number of aryl methyl sites for hydroxylation is 1. The summed E-state index contributed by atoms with van der Waals surface area (Å²) < 4.78 is 5.76. The number of amides is 1. The highest BCUT2D eigenvalue weighted by molar-refractivity contribution is 6.30. The van der Waals surface area contributed by atoms with Crippen LogP contribution < -0.4 is 10.1 Å². The number of carbonyl (C=O) groups is 1. The van der Waals surface area contributed by atoms with Gasteiger partial charge >= 0.3 is 0 Å². The second kappa shape index (κ2) is 7.32. The number of ether oxygens (including phenoxy) is 1. The Hall–Kier alpha value is -2.00. The third kappa shape index (κ3) is 4.25. The van der Waals surface area contributed by atoms with Crippen molar-refractivity contribution in [2.75, 3.05) is 0 Å². The van der Waals surface area contributed by atoms with Gasteiger partial charge in [-0.1, -0.05) is 35.9 Å². The third-order valence-electron chi connectivity index (χ3n) is 3.61. The van der Waals surface area contributed by atoms with Gasteiger partial charge in [0.15, 0.2) is 6.10 Å². The predicted octanol–water partition coefficient (Wildman–Crippen LogP) is 4.04. The van der Waals surface area contributed by atoms with Crippen molar-refractivity contribution in [3.63, 3.8) is 0 Å². The molecule has 0 aliphatic heterocycles. The minimum Gasteiger partial charge on any atom is -0.481 e. The molecule has 1 N–H and O–H groups in total. The van der Waals surface area contributed by atoms with Gasteiger partial charge in [-0.3, -0.25) is 4.79 Å². The van der Waals surface area contributed by atoms with Crippen LogP contribution >= 0.6 is 11.6 Å². The maximum Gasteiger partial charge on any atom is 0.261 e. The summed E-state index contributed by atoms with van der Waals surface area (Å²) in [6.07, 6.45) is -0.548. The summed E-state index contributed by atoms with van der Waals surface area (Å²) in [6.45, 7) is 6.21. The van der Waals surface area contributed by atoms with Crippen molar-refractivity contribution in [1.82, 2.24) is 5.32 Å². The Balaban J connectivity index is 1.92. The Morgan fingerprint density at radius 2 is 1.86 bits per heavy atom. The van der Waals surface area contributed by atoms with Crippen LogP contribution in [0.4, 0.5) is 0 Å². The zero-order valence-electron chi connectivity index (χ0n) is 13.0. The van der Waals surface area contributed by atoms with Crippen LogP contribution in [0.15, 0.2) is 42.5 Å². The maximum absolute atomic E-state index is 12.1. The summed E-state index contributed by atoms with van der Waals surface area (Å²) in [6, 6.07) is 13.2. The molecule has 1 amide bonds. The number of nitrogens with one attached hydrogen (secondary N) is 1. The molecule has 2 rings (SSSR count). The molecule has 0 saturated heterocycles. The lowest BCUT2D eigenvalue weighted by Gasteiger charge is -2.17. The highest BCUT2D eigenvalue weighted by atomic mass is 35.5. The van der Waals surface area contributed by atoms with Crippen molar-refractivity contribution in [3.8, 4) is 5.75 Å². The van der Waals surface area contributed by atoms with E-state index < -0.39 is 6.10 Å². The molecule has 0 aliphatic carbocycles. The summed E-state index contributed by atoms with van der Waals surface area (Å²) in [7, 11) is 0. The zero-order chi connectivity index (χ0) is 16.1. The summed E-state index contributed by atoms with van der Waals surface area (Å²) in [5.74, 6) is 0.602. The largest absolute Gasteiger partial charge is 0.481 e. The second-order valence-electron chi connectivity index (χ2n) is 5.30. The molecule has 0 saturated carbocycles. The molecule has 1 atom stereocenters. The number of hydrogen-bond acceptors (Lipinski definition) is 2. The molecule has 0 spiro atoms. The molecule has 2 aromatic carbocycles. The summed E-state index contributed by atoms with van der Waals surface area (Å²) in [5, 5.41) is 3.55. The summed E-state index contributed by atoms with van der Waals surface area (Å²) in [5.41, 5.74) is 3.20. The molecule has 0 radical (unpaired) electrons. The first-order chi connectivity index (χ1) is 10.5. The van der Waals surface area contributed by atoms with Gasteiger partial charge in [0.05, 0.1) is 0 Å². The van der Waals surface area contributed by atoms with Crippen molar-refractivity contribution in [2.24, 2.45) is 0 Å². The normalized spacial score (nSPS) is 11.8. The Labute approximate surface area is 136 Å². The average Bonchev–Trinajstić information content (AvgIpc) is 2.51. The molecule has 116 valence electrons. The van der Waals surface area contributed by atoms with Crippen LogP contribution in [0.25, 0.3) is 0 Å².